The van der Waals surface area contributed by atoms with Gasteiger partial charge in [-0.15, -0.1) is 0 Å². The lowest BCUT2D eigenvalue weighted by Gasteiger charge is -2.30. The Bertz CT molecular complexity index is 996. The second-order valence-electron chi connectivity index (χ2n) is 9.93. The van der Waals surface area contributed by atoms with Gasteiger partial charge in [0.2, 0.25) is 5.95 Å². The zero-order valence-electron chi connectivity index (χ0n) is 21.0. The minimum absolute atomic E-state index is 0.457. The molecule has 0 bridgehead atoms. The van der Waals surface area contributed by atoms with Crippen LogP contribution >= 0.6 is 0 Å². The van der Waals surface area contributed by atoms with E-state index in [1.165, 1.54) is 69.8 Å². The van der Waals surface area contributed by atoms with Crippen molar-refractivity contribution in [3.8, 4) is 0 Å². The molecule has 0 aliphatic heterocycles. The molecule has 2 aromatic carbocycles. The molecule has 0 amide bonds. The normalized spacial score (nSPS) is 18.2. The van der Waals surface area contributed by atoms with Crippen molar-refractivity contribution in [2.24, 2.45) is 0 Å². The Morgan fingerprint density at radius 1 is 0.765 bits per heavy atom. The van der Waals surface area contributed by atoms with E-state index in [0.29, 0.717) is 12.1 Å². The lowest BCUT2D eigenvalue weighted by atomic mass is 9.91. The summed E-state index contributed by atoms with van der Waals surface area (Å²) in [6, 6.07) is 20.2. The van der Waals surface area contributed by atoms with Gasteiger partial charge >= 0.3 is 0 Å². The quantitative estimate of drug-likeness (QED) is 0.316. The molecule has 0 atom stereocenters. The number of hydrogen-bond donors (Lipinski definition) is 2. The molecule has 182 valence electrons. The summed E-state index contributed by atoms with van der Waals surface area (Å²) in [5, 5.41) is 8.52. The van der Waals surface area contributed by atoms with E-state index in [1.54, 1.807) is 0 Å². The third kappa shape index (κ3) is 7.17. The maximum Gasteiger partial charge on any atom is 0.225 e. The van der Waals surface area contributed by atoms with Crippen molar-refractivity contribution in [1.29, 1.82) is 0 Å². The lowest BCUT2D eigenvalue weighted by Crippen LogP contribution is -2.37. The first-order valence-corrected chi connectivity index (χ1v) is 13.2. The van der Waals surface area contributed by atoms with E-state index in [4.69, 9.17) is 9.97 Å². The summed E-state index contributed by atoms with van der Waals surface area (Å²) in [6.45, 7) is 1.15. The molecule has 0 saturated heterocycles. The van der Waals surface area contributed by atoms with E-state index in [2.05, 4.69) is 58.0 Å². The molecular weight excluding hydrogens is 418 g/mol. The number of unbranched alkanes of at least 4 members (excludes halogenated alkanes) is 4. The highest BCUT2D eigenvalue weighted by Gasteiger charge is 2.21. The molecule has 4 rings (SSSR count). The summed E-state index contributed by atoms with van der Waals surface area (Å²) in [7, 11) is 4.08. The Morgan fingerprint density at radius 3 is 2.24 bits per heavy atom. The first kappa shape index (κ1) is 24.5. The van der Waals surface area contributed by atoms with E-state index in [9.17, 15) is 0 Å². The fourth-order valence-electron chi connectivity index (χ4n) is 5.03. The van der Waals surface area contributed by atoms with Crippen LogP contribution in [0.25, 0.3) is 10.9 Å². The number of aryl methyl sites for hydroxylation is 1. The molecule has 5 heteroatoms. The Labute approximate surface area is 205 Å². The van der Waals surface area contributed by atoms with Gasteiger partial charge in [0.05, 0.1) is 5.52 Å². The standard InChI is InChI=1S/C29H41N5/c1-34(2)28-26-16-10-11-17-27(26)32-29(33-28)31-25-20-18-24(19-21-25)30-22-12-5-3-4-7-13-23-14-8-6-9-15-23/h6,8-11,14-17,24-25,30H,3-5,7,12-13,18-22H2,1-2H3,(H,31,32,33). The van der Waals surface area contributed by atoms with Crippen LogP contribution in [0.4, 0.5) is 11.8 Å². The monoisotopic (exact) mass is 459 g/mol. The first-order valence-electron chi connectivity index (χ1n) is 13.2. The van der Waals surface area contributed by atoms with Crippen LogP contribution in [0.15, 0.2) is 54.6 Å². The number of rotatable bonds is 12. The van der Waals surface area contributed by atoms with Gasteiger partial charge in [-0.3, -0.25) is 0 Å². The molecule has 0 unspecified atom stereocenters. The highest BCUT2D eigenvalue weighted by Crippen LogP contribution is 2.26. The predicted molar refractivity (Wildman–Crippen MR) is 145 cm³/mol. The molecule has 1 aromatic heterocycles. The fourth-order valence-corrected chi connectivity index (χ4v) is 5.03. The van der Waals surface area contributed by atoms with Crippen molar-refractivity contribution >= 4 is 22.7 Å². The Hall–Kier alpha value is -2.66. The van der Waals surface area contributed by atoms with E-state index >= 15 is 0 Å². The summed E-state index contributed by atoms with van der Waals surface area (Å²) < 4.78 is 0. The molecule has 1 aliphatic rings. The van der Waals surface area contributed by atoms with Gasteiger partial charge in [-0.25, -0.2) is 4.98 Å². The maximum atomic E-state index is 4.81. The van der Waals surface area contributed by atoms with E-state index < -0.39 is 0 Å². The molecule has 0 radical (unpaired) electrons. The summed E-state index contributed by atoms with van der Waals surface area (Å²) in [6.07, 6.45) is 12.7. The molecule has 34 heavy (non-hydrogen) atoms. The molecule has 1 saturated carbocycles. The second-order valence-corrected chi connectivity index (χ2v) is 9.93. The van der Waals surface area contributed by atoms with Crippen molar-refractivity contribution in [3.05, 3.63) is 60.2 Å². The summed E-state index contributed by atoms with van der Waals surface area (Å²) in [5.74, 6) is 1.73. The number of benzene rings is 2. The van der Waals surface area contributed by atoms with Crippen LogP contribution in [0.1, 0.15) is 63.4 Å². The first-order chi connectivity index (χ1) is 16.7. The van der Waals surface area contributed by atoms with Crippen molar-refractivity contribution in [2.45, 2.75) is 76.3 Å². The highest BCUT2D eigenvalue weighted by molar-refractivity contribution is 5.90. The summed E-state index contributed by atoms with van der Waals surface area (Å²) in [4.78, 5) is 11.7. The van der Waals surface area contributed by atoms with Gasteiger partial charge in [-0.1, -0.05) is 61.7 Å². The maximum absolute atomic E-state index is 4.81. The number of aromatic nitrogens is 2. The van der Waals surface area contributed by atoms with Crippen molar-refractivity contribution in [3.63, 3.8) is 0 Å². The molecular formula is C29H41N5. The number of para-hydroxylation sites is 1. The number of fused-ring (bicyclic) bond motifs is 1. The smallest absolute Gasteiger partial charge is 0.225 e. The number of nitrogens with one attached hydrogen (secondary N) is 2. The van der Waals surface area contributed by atoms with Crippen LogP contribution in [0.3, 0.4) is 0 Å². The molecule has 1 aliphatic carbocycles. The Kier molecular flexibility index (Phi) is 9.14. The van der Waals surface area contributed by atoms with Crippen LogP contribution in [-0.2, 0) is 6.42 Å². The fraction of sp³-hybridized carbons (Fsp3) is 0.517. The van der Waals surface area contributed by atoms with Crippen LogP contribution in [0.5, 0.6) is 0 Å². The van der Waals surface area contributed by atoms with Gasteiger partial charge in [-0.05, 0) is 69.2 Å². The Morgan fingerprint density at radius 2 is 1.44 bits per heavy atom. The van der Waals surface area contributed by atoms with Crippen molar-refractivity contribution < 1.29 is 0 Å². The van der Waals surface area contributed by atoms with Gasteiger partial charge < -0.3 is 15.5 Å². The predicted octanol–water partition coefficient (Wildman–Crippen LogP) is 6.20. The van der Waals surface area contributed by atoms with E-state index in [0.717, 1.165) is 29.2 Å². The summed E-state index contributed by atoms with van der Waals surface area (Å²) >= 11 is 0. The second kappa shape index (κ2) is 12.7. The van der Waals surface area contributed by atoms with Crippen LogP contribution in [-0.4, -0.2) is 42.7 Å². The number of hydrogen-bond acceptors (Lipinski definition) is 5. The molecule has 3 aromatic rings. The summed E-state index contributed by atoms with van der Waals surface area (Å²) in [5.41, 5.74) is 2.47. The molecule has 2 N–H and O–H groups in total. The Balaban J connectivity index is 1.11. The van der Waals surface area contributed by atoms with Gasteiger partial charge in [0.1, 0.15) is 5.82 Å². The van der Waals surface area contributed by atoms with Crippen LogP contribution in [0, 0.1) is 0 Å². The van der Waals surface area contributed by atoms with E-state index in [1.807, 2.05) is 26.2 Å². The molecule has 1 heterocycles. The number of nitrogens with zero attached hydrogens (tertiary/aromatic N) is 3. The lowest BCUT2D eigenvalue weighted by molar-refractivity contribution is 0.350. The van der Waals surface area contributed by atoms with Gasteiger partial charge in [0, 0.05) is 31.6 Å². The molecule has 5 nitrogen and oxygen atoms in total. The van der Waals surface area contributed by atoms with Gasteiger partial charge in [-0.2, -0.15) is 4.98 Å². The SMILES string of the molecule is CN(C)c1nc(NC2CCC(NCCCCCCCc3ccccc3)CC2)nc2ccccc12. The topological polar surface area (TPSA) is 53.1 Å². The highest BCUT2D eigenvalue weighted by atomic mass is 15.2. The minimum atomic E-state index is 0.457. The molecule has 1 fully saturated rings. The van der Waals surface area contributed by atoms with E-state index in [-0.39, 0.29) is 0 Å². The average molecular weight is 460 g/mol. The average Bonchev–Trinajstić information content (AvgIpc) is 2.86. The zero-order valence-corrected chi connectivity index (χ0v) is 21.0. The number of anilines is 2. The zero-order chi connectivity index (χ0) is 23.6. The third-order valence-corrected chi connectivity index (χ3v) is 6.99. The van der Waals surface area contributed by atoms with Gasteiger partial charge in [0.15, 0.2) is 0 Å². The third-order valence-electron chi connectivity index (χ3n) is 6.99. The largest absolute Gasteiger partial charge is 0.362 e. The van der Waals surface area contributed by atoms with Crippen LogP contribution in [0.2, 0.25) is 0 Å². The molecule has 0 spiro atoms. The van der Waals surface area contributed by atoms with Gasteiger partial charge in [0.25, 0.3) is 0 Å². The van der Waals surface area contributed by atoms with Crippen molar-refractivity contribution in [1.82, 2.24) is 15.3 Å². The van der Waals surface area contributed by atoms with Crippen LogP contribution < -0.4 is 15.5 Å². The van der Waals surface area contributed by atoms with Crippen molar-refractivity contribution in [2.75, 3.05) is 30.9 Å². The minimum Gasteiger partial charge on any atom is -0.362 e.